The van der Waals surface area contributed by atoms with Crippen LogP contribution in [-0.4, -0.2) is 19.2 Å². The van der Waals surface area contributed by atoms with Gasteiger partial charge in [-0.1, -0.05) is 6.92 Å². The monoisotopic (exact) mass is 241 g/mol. The molecule has 2 rings (SSSR count). The molecule has 1 aliphatic rings. The second kappa shape index (κ2) is 5.45. The maximum absolute atomic E-state index is 13.3. The van der Waals surface area contributed by atoms with E-state index < -0.39 is 11.6 Å². The van der Waals surface area contributed by atoms with Crippen LogP contribution >= 0.6 is 0 Å². The Kier molecular flexibility index (Phi) is 3.94. The lowest BCUT2D eigenvalue weighted by molar-refractivity contribution is 0.241. The average Bonchev–Trinajstić information content (AvgIpc) is 3.10. The maximum atomic E-state index is 13.3. The Morgan fingerprint density at radius 1 is 1.41 bits per heavy atom. The van der Waals surface area contributed by atoms with Crippen LogP contribution in [0.4, 0.5) is 8.78 Å². The molecule has 0 amide bonds. The topological polar surface area (TPSA) is 21.3 Å². The van der Waals surface area contributed by atoms with Crippen molar-refractivity contribution in [3.8, 4) is 5.75 Å². The molecule has 1 aromatic carbocycles. The van der Waals surface area contributed by atoms with E-state index in [-0.39, 0.29) is 11.8 Å². The molecule has 4 heteroatoms. The summed E-state index contributed by atoms with van der Waals surface area (Å²) >= 11 is 0. The fourth-order valence-corrected chi connectivity index (χ4v) is 1.89. The van der Waals surface area contributed by atoms with Gasteiger partial charge in [0.1, 0.15) is 12.4 Å². The Bertz CT molecular complexity index is 380. The van der Waals surface area contributed by atoms with Crippen molar-refractivity contribution >= 4 is 0 Å². The van der Waals surface area contributed by atoms with Gasteiger partial charge in [-0.2, -0.15) is 0 Å². The quantitative estimate of drug-likeness (QED) is 0.826. The number of ether oxygens (including phenoxy) is 1. The highest BCUT2D eigenvalue weighted by Crippen LogP contribution is 2.33. The average molecular weight is 241 g/mol. The Morgan fingerprint density at radius 3 is 2.76 bits per heavy atom. The molecule has 1 saturated carbocycles. The standard InChI is InChI=1S/C13H17F2NO/c1-2-16-12(9-3-4-9)8-17-13-6-5-10(14)7-11(13)15/h5-7,9,12,16H,2-4,8H2,1H3. The third-order valence-electron chi connectivity index (χ3n) is 2.97. The molecule has 94 valence electrons. The number of halogens is 2. The molecule has 17 heavy (non-hydrogen) atoms. The van der Waals surface area contributed by atoms with Crippen LogP contribution in [0.1, 0.15) is 19.8 Å². The number of likely N-dealkylation sites (N-methyl/N-ethyl adjacent to an activating group) is 1. The van der Waals surface area contributed by atoms with Gasteiger partial charge in [-0.15, -0.1) is 0 Å². The Hall–Kier alpha value is -1.16. The third kappa shape index (κ3) is 3.40. The Morgan fingerprint density at radius 2 is 2.18 bits per heavy atom. The van der Waals surface area contributed by atoms with Gasteiger partial charge >= 0.3 is 0 Å². The molecule has 0 spiro atoms. The Balaban J connectivity index is 1.91. The summed E-state index contributed by atoms with van der Waals surface area (Å²) in [6, 6.07) is 3.65. The van der Waals surface area contributed by atoms with Crippen molar-refractivity contribution in [2.24, 2.45) is 5.92 Å². The zero-order valence-corrected chi connectivity index (χ0v) is 9.88. The molecule has 0 saturated heterocycles. The van der Waals surface area contributed by atoms with Crippen LogP contribution in [0.3, 0.4) is 0 Å². The van der Waals surface area contributed by atoms with Crippen LogP contribution in [0.2, 0.25) is 0 Å². The first-order valence-electron chi connectivity index (χ1n) is 6.02. The smallest absolute Gasteiger partial charge is 0.167 e. The van der Waals surface area contributed by atoms with Gasteiger partial charge in [0.05, 0.1) is 0 Å². The predicted octanol–water partition coefficient (Wildman–Crippen LogP) is 2.73. The fourth-order valence-electron chi connectivity index (χ4n) is 1.89. The lowest BCUT2D eigenvalue weighted by Crippen LogP contribution is -2.36. The molecule has 0 radical (unpaired) electrons. The third-order valence-corrected chi connectivity index (χ3v) is 2.97. The molecular weight excluding hydrogens is 224 g/mol. The summed E-state index contributed by atoms with van der Waals surface area (Å²) < 4.78 is 31.4. The van der Waals surface area contributed by atoms with E-state index in [0.29, 0.717) is 12.5 Å². The number of rotatable bonds is 6. The van der Waals surface area contributed by atoms with Gasteiger partial charge in [-0.05, 0) is 37.4 Å². The van der Waals surface area contributed by atoms with Crippen LogP contribution < -0.4 is 10.1 Å². The first kappa shape index (κ1) is 12.3. The molecule has 2 nitrogen and oxygen atoms in total. The summed E-state index contributed by atoms with van der Waals surface area (Å²) in [5, 5.41) is 3.32. The number of hydrogen-bond donors (Lipinski definition) is 1. The van der Waals surface area contributed by atoms with Crippen molar-refractivity contribution in [1.29, 1.82) is 0 Å². The van der Waals surface area contributed by atoms with Gasteiger partial charge in [-0.3, -0.25) is 0 Å². The van der Waals surface area contributed by atoms with Gasteiger partial charge in [-0.25, -0.2) is 8.78 Å². The van der Waals surface area contributed by atoms with E-state index >= 15 is 0 Å². The molecule has 0 aliphatic heterocycles. The summed E-state index contributed by atoms with van der Waals surface area (Å²) in [6.45, 7) is 3.34. The minimum absolute atomic E-state index is 0.120. The van der Waals surface area contributed by atoms with Crippen LogP contribution in [0.5, 0.6) is 5.75 Å². The minimum atomic E-state index is -0.643. The Labute approximate surface area is 100.0 Å². The van der Waals surface area contributed by atoms with Crippen LogP contribution in [0.25, 0.3) is 0 Å². The second-order valence-corrected chi connectivity index (χ2v) is 4.39. The molecule has 1 fully saturated rings. The van der Waals surface area contributed by atoms with Crippen molar-refractivity contribution in [2.75, 3.05) is 13.2 Å². The summed E-state index contributed by atoms with van der Waals surface area (Å²) in [6.07, 6.45) is 2.40. The molecule has 1 aliphatic carbocycles. The van der Waals surface area contributed by atoms with Crippen molar-refractivity contribution in [3.63, 3.8) is 0 Å². The largest absolute Gasteiger partial charge is 0.489 e. The number of benzene rings is 1. The van der Waals surface area contributed by atoms with Gasteiger partial charge < -0.3 is 10.1 Å². The second-order valence-electron chi connectivity index (χ2n) is 4.39. The first-order chi connectivity index (χ1) is 8.20. The van der Waals surface area contributed by atoms with E-state index in [9.17, 15) is 8.78 Å². The van der Waals surface area contributed by atoms with Crippen molar-refractivity contribution in [1.82, 2.24) is 5.32 Å². The predicted molar refractivity (Wildman–Crippen MR) is 62.0 cm³/mol. The first-order valence-corrected chi connectivity index (χ1v) is 6.02. The van der Waals surface area contributed by atoms with E-state index in [1.807, 2.05) is 6.92 Å². The molecule has 0 aromatic heterocycles. The summed E-state index contributed by atoms with van der Waals surface area (Å²) in [5.74, 6) is -0.468. The zero-order chi connectivity index (χ0) is 12.3. The number of hydrogen-bond acceptors (Lipinski definition) is 2. The zero-order valence-electron chi connectivity index (χ0n) is 9.88. The number of nitrogens with one attached hydrogen (secondary N) is 1. The molecule has 0 heterocycles. The molecule has 1 N–H and O–H groups in total. The normalized spacial score (nSPS) is 16.9. The van der Waals surface area contributed by atoms with Crippen LogP contribution in [0.15, 0.2) is 18.2 Å². The highest BCUT2D eigenvalue weighted by atomic mass is 19.1. The molecular formula is C13H17F2NO. The van der Waals surface area contributed by atoms with E-state index in [1.165, 1.54) is 25.0 Å². The van der Waals surface area contributed by atoms with Gasteiger partial charge in [0.15, 0.2) is 11.6 Å². The highest BCUT2D eigenvalue weighted by Gasteiger charge is 2.31. The van der Waals surface area contributed by atoms with E-state index in [1.54, 1.807) is 0 Å². The van der Waals surface area contributed by atoms with Gasteiger partial charge in [0, 0.05) is 12.1 Å². The molecule has 1 atom stereocenters. The van der Waals surface area contributed by atoms with Gasteiger partial charge in [0.25, 0.3) is 0 Å². The van der Waals surface area contributed by atoms with Gasteiger partial charge in [0.2, 0.25) is 0 Å². The van der Waals surface area contributed by atoms with E-state index in [4.69, 9.17) is 4.74 Å². The molecule has 0 bridgehead atoms. The lowest BCUT2D eigenvalue weighted by Gasteiger charge is -2.18. The van der Waals surface area contributed by atoms with Crippen molar-refractivity contribution < 1.29 is 13.5 Å². The van der Waals surface area contributed by atoms with E-state index in [2.05, 4.69) is 5.32 Å². The molecule has 1 unspecified atom stereocenters. The molecule has 1 aromatic rings. The maximum Gasteiger partial charge on any atom is 0.167 e. The van der Waals surface area contributed by atoms with Crippen LogP contribution in [-0.2, 0) is 0 Å². The summed E-state index contributed by atoms with van der Waals surface area (Å²) in [5.41, 5.74) is 0. The van der Waals surface area contributed by atoms with E-state index in [0.717, 1.165) is 12.6 Å². The summed E-state index contributed by atoms with van der Waals surface area (Å²) in [7, 11) is 0. The van der Waals surface area contributed by atoms with Crippen molar-refractivity contribution in [3.05, 3.63) is 29.8 Å². The van der Waals surface area contributed by atoms with Crippen LogP contribution in [0, 0.1) is 17.6 Å². The summed E-state index contributed by atoms with van der Waals surface area (Å²) in [4.78, 5) is 0. The SMILES string of the molecule is CCNC(COc1ccc(F)cc1F)C1CC1. The van der Waals surface area contributed by atoms with Crippen molar-refractivity contribution in [2.45, 2.75) is 25.8 Å². The lowest BCUT2D eigenvalue weighted by atomic mass is 10.2. The minimum Gasteiger partial charge on any atom is -0.489 e. The fraction of sp³-hybridized carbons (Fsp3) is 0.538. The highest BCUT2D eigenvalue weighted by molar-refractivity contribution is 5.24.